The molecule has 0 aromatic heterocycles. The van der Waals surface area contributed by atoms with E-state index in [1.54, 1.807) is 0 Å². The summed E-state index contributed by atoms with van der Waals surface area (Å²) in [4.78, 5) is 5.07. The normalized spacial score (nSPS) is 34.3. The molecule has 2 fully saturated rings. The molecule has 0 aliphatic carbocycles. The highest BCUT2D eigenvalue weighted by molar-refractivity contribution is 4.86. The van der Waals surface area contributed by atoms with Crippen LogP contribution in [-0.4, -0.2) is 62.7 Å². The number of nitrogens with zero attached hydrogens (tertiary/aromatic N) is 2. The van der Waals surface area contributed by atoms with E-state index in [1.165, 1.54) is 58.4 Å². The Kier molecular flexibility index (Phi) is 5.46. The van der Waals surface area contributed by atoms with Crippen molar-refractivity contribution < 1.29 is 0 Å². The Labute approximate surface area is 113 Å². The average molecular weight is 253 g/mol. The van der Waals surface area contributed by atoms with Crippen LogP contribution in [0.5, 0.6) is 0 Å². The second-order valence-corrected chi connectivity index (χ2v) is 6.62. The van der Waals surface area contributed by atoms with Gasteiger partial charge in [-0.25, -0.2) is 0 Å². The lowest BCUT2D eigenvalue weighted by atomic mass is 9.95. The molecule has 1 N–H and O–H groups in total. The summed E-state index contributed by atoms with van der Waals surface area (Å²) < 4.78 is 0. The van der Waals surface area contributed by atoms with Gasteiger partial charge in [-0.2, -0.15) is 0 Å². The van der Waals surface area contributed by atoms with Crippen molar-refractivity contribution in [3.8, 4) is 0 Å². The van der Waals surface area contributed by atoms with Crippen LogP contribution >= 0.6 is 0 Å². The van der Waals surface area contributed by atoms with Gasteiger partial charge in [-0.3, -0.25) is 0 Å². The highest BCUT2D eigenvalue weighted by Gasteiger charge is 2.30. The van der Waals surface area contributed by atoms with Crippen molar-refractivity contribution in [2.45, 2.75) is 38.6 Å². The second kappa shape index (κ2) is 6.88. The second-order valence-electron chi connectivity index (χ2n) is 6.62. The molecular weight excluding hydrogens is 222 g/mol. The van der Waals surface area contributed by atoms with Gasteiger partial charge in [-0.05, 0) is 71.2 Å². The SMILES string of the molecule is CC1CN(CCCC2CCCNC2)CC1N(C)C. The highest BCUT2D eigenvalue weighted by atomic mass is 15.2. The number of piperidine rings is 1. The largest absolute Gasteiger partial charge is 0.316 e. The van der Waals surface area contributed by atoms with Crippen LogP contribution in [0, 0.1) is 11.8 Å². The summed E-state index contributed by atoms with van der Waals surface area (Å²) in [5.41, 5.74) is 0. The lowest BCUT2D eigenvalue weighted by Crippen LogP contribution is -2.34. The molecule has 0 spiro atoms. The Hall–Kier alpha value is -0.120. The summed E-state index contributed by atoms with van der Waals surface area (Å²) >= 11 is 0. The average Bonchev–Trinajstić information content (AvgIpc) is 2.72. The maximum Gasteiger partial charge on any atom is 0.0254 e. The highest BCUT2D eigenvalue weighted by Crippen LogP contribution is 2.21. The van der Waals surface area contributed by atoms with E-state index in [0.717, 1.165) is 17.9 Å². The molecule has 2 saturated heterocycles. The van der Waals surface area contributed by atoms with Crippen molar-refractivity contribution in [2.75, 3.05) is 46.8 Å². The molecule has 0 amide bonds. The fourth-order valence-corrected chi connectivity index (χ4v) is 3.68. The summed E-state index contributed by atoms with van der Waals surface area (Å²) in [6, 6.07) is 0.765. The summed E-state index contributed by atoms with van der Waals surface area (Å²) in [6.07, 6.45) is 5.64. The minimum absolute atomic E-state index is 0.765. The first-order valence-electron chi connectivity index (χ1n) is 7.76. The van der Waals surface area contributed by atoms with Crippen molar-refractivity contribution in [3.63, 3.8) is 0 Å². The van der Waals surface area contributed by atoms with Crippen molar-refractivity contribution in [3.05, 3.63) is 0 Å². The number of rotatable bonds is 5. The Bertz CT molecular complexity index is 236. The van der Waals surface area contributed by atoms with Gasteiger partial charge in [0.05, 0.1) is 0 Å². The Morgan fingerprint density at radius 3 is 2.72 bits per heavy atom. The molecule has 2 heterocycles. The third kappa shape index (κ3) is 3.94. The number of likely N-dealkylation sites (N-methyl/N-ethyl adjacent to an activating group) is 1. The lowest BCUT2D eigenvalue weighted by Gasteiger charge is -2.24. The van der Waals surface area contributed by atoms with E-state index in [0.29, 0.717) is 0 Å². The molecule has 0 saturated carbocycles. The standard InChI is InChI=1S/C15H31N3/c1-13-11-18(12-15(13)17(2)3)9-5-7-14-6-4-8-16-10-14/h13-16H,4-12H2,1-3H3. The zero-order valence-electron chi connectivity index (χ0n) is 12.5. The van der Waals surface area contributed by atoms with Crippen LogP contribution in [0.3, 0.4) is 0 Å². The van der Waals surface area contributed by atoms with Gasteiger partial charge in [0.15, 0.2) is 0 Å². The van der Waals surface area contributed by atoms with E-state index >= 15 is 0 Å². The van der Waals surface area contributed by atoms with Crippen LogP contribution in [0.2, 0.25) is 0 Å². The van der Waals surface area contributed by atoms with E-state index in [1.807, 2.05) is 0 Å². The molecule has 0 radical (unpaired) electrons. The van der Waals surface area contributed by atoms with E-state index in [4.69, 9.17) is 0 Å². The third-order valence-electron chi connectivity index (χ3n) is 4.80. The third-order valence-corrected chi connectivity index (χ3v) is 4.80. The minimum Gasteiger partial charge on any atom is -0.316 e. The van der Waals surface area contributed by atoms with Gasteiger partial charge < -0.3 is 15.1 Å². The Morgan fingerprint density at radius 1 is 1.28 bits per heavy atom. The Morgan fingerprint density at radius 2 is 2.11 bits per heavy atom. The first-order chi connectivity index (χ1) is 8.66. The van der Waals surface area contributed by atoms with E-state index in [9.17, 15) is 0 Å². The molecule has 3 unspecified atom stereocenters. The molecule has 3 nitrogen and oxygen atoms in total. The first kappa shape index (κ1) is 14.3. The monoisotopic (exact) mass is 253 g/mol. The summed E-state index contributed by atoms with van der Waals surface area (Å²) in [5, 5.41) is 3.52. The maximum atomic E-state index is 3.52. The van der Waals surface area contributed by atoms with Gasteiger partial charge in [0.1, 0.15) is 0 Å². The first-order valence-corrected chi connectivity index (χ1v) is 7.76. The van der Waals surface area contributed by atoms with Gasteiger partial charge in [0.2, 0.25) is 0 Å². The van der Waals surface area contributed by atoms with Gasteiger partial charge in [-0.1, -0.05) is 6.92 Å². The van der Waals surface area contributed by atoms with Crippen LogP contribution in [0.4, 0.5) is 0 Å². The van der Waals surface area contributed by atoms with Gasteiger partial charge >= 0.3 is 0 Å². The molecule has 2 rings (SSSR count). The van der Waals surface area contributed by atoms with Gasteiger partial charge in [0.25, 0.3) is 0 Å². The molecule has 3 atom stereocenters. The fourth-order valence-electron chi connectivity index (χ4n) is 3.68. The summed E-state index contributed by atoms with van der Waals surface area (Å²) in [7, 11) is 4.44. The van der Waals surface area contributed by atoms with E-state index in [-0.39, 0.29) is 0 Å². The molecule has 2 aliphatic heterocycles. The molecule has 0 bridgehead atoms. The van der Waals surface area contributed by atoms with Crippen LogP contribution in [0.15, 0.2) is 0 Å². The zero-order valence-corrected chi connectivity index (χ0v) is 12.5. The van der Waals surface area contributed by atoms with Crippen molar-refractivity contribution in [1.82, 2.24) is 15.1 Å². The Balaban J connectivity index is 1.62. The predicted molar refractivity (Wildman–Crippen MR) is 77.9 cm³/mol. The number of likely N-dealkylation sites (tertiary alicyclic amines) is 1. The molecule has 0 aromatic carbocycles. The topological polar surface area (TPSA) is 18.5 Å². The lowest BCUT2D eigenvalue weighted by molar-refractivity contribution is 0.247. The zero-order chi connectivity index (χ0) is 13.0. The quantitative estimate of drug-likeness (QED) is 0.804. The molecule has 2 aliphatic rings. The molecule has 0 aromatic rings. The number of hydrogen-bond donors (Lipinski definition) is 1. The summed E-state index contributed by atoms with van der Waals surface area (Å²) in [5.74, 6) is 1.78. The van der Waals surface area contributed by atoms with Crippen LogP contribution in [-0.2, 0) is 0 Å². The predicted octanol–water partition coefficient (Wildman–Crippen LogP) is 1.65. The van der Waals surface area contributed by atoms with Crippen LogP contribution in [0.1, 0.15) is 32.6 Å². The van der Waals surface area contributed by atoms with Crippen LogP contribution in [0.25, 0.3) is 0 Å². The number of hydrogen-bond acceptors (Lipinski definition) is 3. The van der Waals surface area contributed by atoms with Crippen LogP contribution < -0.4 is 5.32 Å². The van der Waals surface area contributed by atoms with E-state index < -0.39 is 0 Å². The molecular formula is C15H31N3. The molecule has 106 valence electrons. The van der Waals surface area contributed by atoms with Gasteiger partial charge in [0, 0.05) is 19.1 Å². The molecule has 3 heteroatoms. The maximum absolute atomic E-state index is 3.52. The smallest absolute Gasteiger partial charge is 0.0254 e. The van der Waals surface area contributed by atoms with Crippen molar-refractivity contribution in [1.29, 1.82) is 0 Å². The van der Waals surface area contributed by atoms with Gasteiger partial charge in [-0.15, -0.1) is 0 Å². The molecule has 18 heavy (non-hydrogen) atoms. The minimum atomic E-state index is 0.765. The fraction of sp³-hybridized carbons (Fsp3) is 1.00. The summed E-state index contributed by atoms with van der Waals surface area (Å²) in [6.45, 7) is 8.78. The van der Waals surface area contributed by atoms with Crippen molar-refractivity contribution >= 4 is 0 Å². The van der Waals surface area contributed by atoms with E-state index in [2.05, 4.69) is 36.1 Å². The number of nitrogens with one attached hydrogen (secondary N) is 1. The van der Waals surface area contributed by atoms with Crippen molar-refractivity contribution in [2.24, 2.45) is 11.8 Å².